The lowest BCUT2D eigenvalue weighted by atomic mass is 10.0. The number of fused-ring (bicyclic) bond motifs is 1. The number of pyridine rings is 2. The van der Waals surface area contributed by atoms with Crippen molar-refractivity contribution in [2.75, 3.05) is 5.73 Å². The van der Waals surface area contributed by atoms with Crippen LogP contribution >= 0.6 is 11.6 Å². The summed E-state index contributed by atoms with van der Waals surface area (Å²) in [7, 11) is 0. The van der Waals surface area contributed by atoms with Crippen LogP contribution in [0.2, 0.25) is 5.02 Å². The van der Waals surface area contributed by atoms with Crippen molar-refractivity contribution in [2.24, 2.45) is 0 Å². The van der Waals surface area contributed by atoms with Gasteiger partial charge >= 0.3 is 0 Å². The third kappa shape index (κ3) is 2.21. The molecule has 0 unspecified atom stereocenters. The van der Waals surface area contributed by atoms with Gasteiger partial charge in [0.2, 0.25) is 0 Å². The number of nitrogens with zero attached hydrogens (tertiary/aromatic N) is 2. The Morgan fingerprint density at radius 3 is 2.85 bits per heavy atom. The predicted molar refractivity (Wildman–Crippen MR) is 78.8 cm³/mol. The molecule has 0 aliphatic heterocycles. The third-order valence-electron chi connectivity index (χ3n) is 2.99. The normalized spacial score (nSPS) is 10.7. The van der Waals surface area contributed by atoms with Crippen molar-refractivity contribution in [3.05, 3.63) is 64.9 Å². The first kappa shape index (κ1) is 12.6. The van der Waals surface area contributed by atoms with Crippen LogP contribution in [0.25, 0.3) is 10.9 Å². The summed E-state index contributed by atoms with van der Waals surface area (Å²) in [4.78, 5) is 20.6. The highest BCUT2D eigenvalue weighted by molar-refractivity contribution is 6.31. The molecule has 2 aromatic heterocycles. The second-order valence-electron chi connectivity index (χ2n) is 4.33. The van der Waals surface area contributed by atoms with Crippen molar-refractivity contribution in [1.82, 2.24) is 9.97 Å². The maximum atomic E-state index is 12.5. The summed E-state index contributed by atoms with van der Waals surface area (Å²) in [6.07, 6.45) is 3.13. The number of anilines is 1. The molecule has 0 aliphatic carbocycles. The lowest BCUT2D eigenvalue weighted by molar-refractivity contribution is 0.103. The molecule has 0 fully saturated rings. The molecule has 5 heteroatoms. The van der Waals surface area contributed by atoms with Gasteiger partial charge in [0.25, 0.3) is 0 Å². The summed E-state index contributed by atoms with van der Waals surface area (Å²) >= 11 is 5.86. The minimum Gasteiger partial charge on any atom is -0.383 e. The molecule has 0 radical (unpaired) electrons. The third-order valence-corrected chi connectivity index (χ3v) is 3.20. The van der Waals surface area contributed by atoms with E-state index in [-0.39, 0.29) is 11.6 Å². The van der Waals surface area contributed by atoms with E-state index < -0.39 is 0 Å². The SMILES string of the molecule is Nc1ncc(Cl)cc1C(=O)c1ccc2ncccc2c1. The van der Waals surface area contributed by atoms with Gasteiger partial charge in [0.15, 0.2) is 5.78 Å². The Morgan fingerprint density at radius 2 is 2.00 bits per heavy atom. The topological polar surface area (TPSA) is 68.9 Å². The van der Waals surface area contributed by atoms with E-state index in [1.807, 2.05) is 12.1 Å². The molecular formula is C15H10ClN3O. The summed E-state index contributed by atoms with van der Waals surface area (Å²) in [5.41, 5.74) is 7.41. The number of hydrogen-bond donors (Lipinski definition) is 1. The smallest absolute Gasteiger partial charge is 0.196 e. The molecule has 1 aromatic carbocycles. The van der Waals surface area contributed by atoms with Crippen LogP contribution in [0, 0.1) is 0 Å². The molecule has 3 rings (SSSR count). The van der Waals surface area contributed by atoms with E-state index in [0.29, 0.717) is 16.1 Å². The number of carbonyl (C=O) groups excluding carboxylic acids is 1. The first-order chi connectivity index (χ1) is 9.65. The number of ketones is 1. The Labute approximate surface area is 120 Å². The molecule has 98 valence electrons. The molecule has 0 spiro atoms. The van der Waals surface area contributed by atoms with Crippen LogP contribution in [0.5, 0.6) is 0 Å². The monoisotopic (exact) mass is 283 g/mol. The Hall–Kier alpha value is -2.46. The molecule has 0 bridgehead atoms. The van der Waals surface area contributed by atoms with Crippen molar-refractivity contribution < 1.29 is 4.79 Å². The fraction of sp³-hybridized carbons (Fsp3) is 0. The molecule has 0 aliphatic rings. The number of hydrogen-bond acceptors (Lipinski definition) is 4. The van der Waals surface area contributed by atoms with Crippen molar-refractivity contribution >= 4 is 34.1 Å². The molecule has 3 aromatic rings. The van der Waals surface area contributed by atoms with Gasteiger partial charge in [-0.05, 0) is 30.3 Å². The molecular weight excluding hydrogens is 274 g/mol. The van der Waals surface area contributed by atoms with Crippen LogP contribution in [0.1, 0.15) is 15.9 Å². The van der Waals surface area contributed by atoms with Crippen LogP contribution in [0.15, 0.2) is 48.8 Å². The average molecular weight is 284 g/mol. The van der Waals surface area contributed by atoms with Crippen molar-refractivity contribution in [1.29, 1.82) is 0 Å². The first-order valence-corrected chi connectivity index (χ1v) is 6.33. The van der Waals surface area contributed by atoms with Crippen LogP contribution in [-0.4, -0.2) is 15.8 Å². The average Bonchev–Trinajstić information content (AvgIpc) is 2.48. The van der Waals surface area contributed by atoms with E-state index in [1.54, 1.807) is 24.4 Å². The Kier molecular flexibility index (Phi) is 3.08. The molecule has 0 saturated heterocycles. The molecule has 4 nitrogen and oxygen atoms in total. The van der Waals surface area contributed by atoms with Gasteiger partial charge in [0.1, 0.15) is 5.82 Å². The number of rotatable bonds is 2. The van der Waals surface area contributed by atoms with Gasteiger partial charge in [0.05, 0.1) is 16.1 Å². The van der Waals surface area contributed by atoms with Crippen LogP contribution in [-0.2, 0) is 0 Å². The molecule has 0 amide bonds. The van der Waals surface area contributed by atoms with Gasteiger partial charge in [-0.3, -0.25) is 9.78 Å². The number of nitrogen functional groups attached to an aromatic ring is 1. The summed E-state index contributed by atoms with van der Waals surface area (Å²) < 4.78 is 0. The van der Waals surface area contributed by atoms with E-state index in [9.17, 15) is 4.79 Å². The van der Waals surface area contributed by atoms with E-state index in [1.165, 1.54) is 12.3 Å². The van der Waals surface area contributed by atoms with Gasteiger partial charge in [-0.2, -0.15) is 0 Å². The van der Waals surface area contributed by atoms with E-state index >= 15 is 0 Å². The number of aromatic nitrogens is 2. The van der Waals surface area contributed by atoms with Gasteiger partial charge in [-0.15, -0.1) is 0 Å². The van der Waals surface area contributed by atoms with Crippen molar-refractivity contribution in [3.8, 4) is 0 Å². The number of halogens is 1. The standard InChI is InChI=1S/C15H10ClN3O/c16-11-7-12(15(17)19-8-11)14(20)10-3-4-13-9(6-10)2-1-5-18-13/h1-8H,(H2,17,19). The predicted octanol–water partition coefficient (Wildman–Crippen LogP) is 3.10. The van der Waals surface area contributed by atoms with E-state index in [0.717, 1.165) is 10.9 Å². The Morgan fingerprint density at radius 1 is 1.15 bits per heavy atom. The molecule has 2 N–H and O–H groups in total. The summed E-state index contributed by atoms with van der Waals surface area (Å²) in [5, 5.41) is 1.27. The maximum Gasteiger partial charge on any atom is 0.196 e. The largest absolute Gasteiger partial charge is 0.383 e. The number of carbonyl (C=O) groups is 1. The lowest BCUT2D eigenvalue weighted by Crippen LogP contribution is -2.07. The fourth-order valence-electron chi connectivity index (χ4n) is 2.00. The highest BCUT2D eigenvalue weighted by atomic mass is 35.5. The molecule has 2 heterocycles. The molecule has 20 heavy (non-hydrogen) atoms. The zero-order valence-electron chi connectivity index (χ0n) is 10.4. The second-order valence-corrected chi connectivity index (χ2v) is 4.76. The minimum atomic E-state index is -0.205. The quantitative estimate of drug-likeness (QED) is 0.734. The zero-order chi connectivity index (χ0) is 14.1. The van der Waals surface area contributed by atoms with E-state index in [2.05, 4.69) is 9.97 Å². The van der Waals surface area contributed by atoms with E-state index in [4.69, 9.17) is 17.3 Å². The first-order valence-electron chi connectivity index (χ1n) is 5.95. The molecule has 0 saturated carbocycles. The highest BCUT2D eigenvalue weighted by Gasteiger charge is 2.14. The maximum absolute atomic E-state index is 12.5. The van der Waals surface area contributed by atoms with Crippen LogP contribution in [0.4, 0.5) is 5.82 Å². The highest BCUT2D eigenvalue weighted by Crippen LogP contribution is 2.21. The fourth-order valence-corrected chi connectivity index (χ4v) is 2.16. The van der Waals surface area contributed by atoms with Gasteiger partial charge in [-0.1, -0.05) is 17.7 Å². The van der Waals surface area contributed by atoms with Gasteiger partial charge in [0, 0.05) is 23.3 Å². The van der Waals surface area contributed by atoms with Crippen LogP contribution in [0.3, 0.4) is 0 Å². The van der Waals surface area contributed by atoms with Gasteiger partial charge in [-0.25, -0.2) is 4.98 Å². The molecule has 0 atom stereocenters. The lowest BCUT2D eigenvalue weighted by Gasteiger charge is -2.05. The summed E-state index contributed by atoms with van der Waals surface area (Å²) in [5.74, 6) is -0.0334. The number of benzene rings is 1. The van der Waals surface area contributed by atoms with Crippen molar-refractivity contribution in [3.63, 3.8) is 0 Å². The van der Waals surface area contributed by atoms with Crippen molar-refractivity contribution in [2.45, 2.75) is 0 Å². The summed E-state index contributed by atoms with van der Waals surface area (Å²) in [6.45, 7) is 0. The van der Waals surface area contributed by atoms with Crippen LogP contribution < -0.4 is 5.73 Å². The zero-order valence-corrected chi connectivity index (χ0v) is 11.1. The Balaban J connectivity index is 2.10. The minimum absolute atomic E-state index is 0.172. The van der Waals surface area contributed by atoms with Gasteiger partial charge < -0.3 is 5.73 Å². The number of nitrogens with two attached hydrogens (primary N) is 1. The second kappa shape index (κ2) is 4.90. The summed E-state index contributed by atoms with van der Waals surface area (Å²) in [6, 6.07) is 10.6. The Bertz CT molecular complexity index is 817.